The first kappa shape index (κ1) is 15.3. The molecule has 6 heteroatoms. The predicted molar refractivity (Wildman–Crippen MR) is 88.2 cm³/mol. The molecular formula is C17H14N2O3S. The van der Waals surface area contributed by atoms with Crippen LogP contribution in [0.2, 0.25) is 0 Å². The van der Waals surface area contributed by atoms with Crippen molar-refractivity contribution in [1.29, 1.82) is 0 Å². The molecule has 0 spiro atoms. The number of hydrogen-bond acceptors (Lipinski definition) is 6. The zero-order valence-electron chi connectivity index (χ0n) is 12.1. The first-order valence-corrected chi connectivity index (χ1v) is 7.90. The number of esters is 2. The highest BCUT2D eigenvalue weighted by molar-refractivity contribution is 7.09. The highest BCUT2D eigenvalue weighted by Crippen LogP contribution is 2.15. The van der Waals surface area contributed by atoms with Crippen molar-refractivity contribution in [2.45, 2.75) is 12.5 Å². The van der Waals surface area contributed by atoms with Gasteiger partial charge in [-0.15, -0.1) is 11.3 Å². The van der Waals surface area contributed by atoms with Crippen molar-refractivity contribution in [2.75, 3.05) is 0 Å². The van der Waals surface area contributed by atoms with E-state index in [2.05, 4.69) is 4.98 Å². The van der Waals surface area contributed by atoms with E-state index in [1.54, 1.807) is 12.3 Å². The summed E-state index contributed by atoms with van der Waals surface area (Å²) in [6, 6.07) is 12.0. The zero-order valence-corrected chi connectivity index (χ0v) is 13.0. The summed E-state index contributed by atoms with van der Waals surface area (Å²) >= 11 is 1.50. The summed E-state index contributed by atoms with van der Waals surface area (Å²) in [6.07, 6.45) is 1.91. The Bertz CT molecular complexity index is 846. The van der Waals surface area contributed by atoms with Crippen LogP contribution < -0.4 is 5.73 Å². The molecule has 0 saturated heterocycles. The van der Waals surface area contributed by atoms with Gasteiger partial charge in [-0.3, -0.25) is 0 Å². The second-order valence-corrected chi connectivity index (χ2v) is 6.05. The number of ether oxygens (including phenoxy) is 1. The van der Waals surface area contributed by atoms with E-state index in [1.165, 1.54) is 11.3 Å². The van der Waals surface area contributed by atoms with Crippen LogP contribution in [0.25, 0.3) is 10.8 Å². The third-order valence-corrected chi connectivity index (χ3v) is 4.24. The molecular weight excluding hydrogens is 312 g/mol. The molecule has 0 aliphatic carbocycles. The van der Waals surface area contributed by atoms with Gasteiger partial charge in [0.05, 0.1) is 0 Å². The van der Waals surface area contributed by atoms with Crippen LogP contribution in [-0.2, 0) is 16.0 Å². The third-order valence-electron chi connectivity index (χ3n) is 3.34. The van der Waals surface area contributed by atoms with Gasteiger partial charge in [-0.05, 0) is 22.9 Å². The van der Waals surface area contributed by atoms with Crippen LogP contribution in [0.1, 0.15) is 15.4 Å². The average molecular weight is 326 g/mol. The molecule has 116 valence electrons. The van der Waals surface area contributed by atoms with Crippen molar-refractivity contribution in [1.82, 2.24) is 4.98 Å². The lowest BCUT2D eigenvalue weighted by molar-refractivity contribution is -0.139. The molecule has 2 N–H and O–H groups in total. The van der Waals surface area contributed by atoms with Crippen molar-refractivity contribution in [2.24, 2.45) is 5.73 Å². The smallest absolute Gasteiger partial charge is 0.364 e. The first-order chi connectivity index (χ1) is 11.1. The minimum Gasteiger partial charge on any atom is -0.387 e. The summed E-state index contributed by atoms with van der Waals surface area (Å²) in [5, 5.41) is 3.66. The van der Waals surface area contributed by atoms with Gasteiger partial charge in [0.1, 0.15) is 11.7 Å². The average Bonchev–Trinajstić information content (AvgIpc) is 3.07. The lowest BCUT2D eigenvalue weighted by atomic mass is 10.1. The van der Waals surface area contributed by atoms with Gasteiger partial charge in [-0.2, -0.15) is 0 Å². The Morgan fingerprint density at radius 3 is 2.70 bits per heavy atom. The number of pyridine rings is 1. The van der Waals surface area contributed by atoms with Gasteiger partial charge in [0.15, 0.2) is 0 Å². The van der Waals surface area contributed by atoms with Crippen LogP contribution in [0.5, 0.6) is 0 Å². The summed E-state index contributed by atoms with van der Waals surface area (Å²) in [6.45, 7) is 0. The van der Waals surface area contributed by atoms with Crippen LogP contribution in [0.15, 0.2) is 54.0 Å². The van der Waals surface area contributed by atoms with Crippen LogP contribution >= 0.6 is 11.3 Å². The van der Waals surface area contributed by atoms with Gasteiger partial charge in [-0.1, -0.05) is 30.3 Å². The minimum atomic E-state index is -0.877. The molecule has 1 atom stereocenters. The summed E-state index contributed by atoms with van der Waals surface area (Å²) in [7, 11) is 0. The van der Waals surface area contributed by atoms with E-state index >= 15 is 0 Å². The number of carbonyl (C=O) groups is 2. The van der Waals surface area contributed by atoms with Crippen LogP contribution in [0.4, 0.5) is 0 Å². The Balaban J connectivity index is 1.68. The molecule has 0 unspecified atom stereocenters. The molecule has 0 saturated carbocycles. The van der Waals surface area contributed by atoms with E-state index in [4.69, 9.17) is 10.5 Å². The quantitative estimate of drug-likeness (QED) is 0.588. The molecule has 1 aromatic carbocycles. The summed E-state index contributed by atoms with van der Waals surface area (Å²) in [5.74, 6) is -1.54. The van der Waals surface area contributed by atoms with Crippen LogP contribution in [0, 0.1) is 0 Å². The number of nitrogens with zero attached hydrogens (tertiary/aromatic N) is 1. The number of carbonyl (C=O) groups excluding carboxylic acids is 2. The standard InChI is InChI=1S/C17H14N2O3S/c18-14(9-13-6-3-7-23-13)16(20)22-17(21)15-8-11-4-1-2-5-12(11)10-19-15/h1-8,10,14H,9,18H2/t14-/m0/s1. The van der Waals surface area contributed by atoms with Gasteiger partial charge in [0.2, 0.25) is 0 Å². The molecule has 0 fully saturated rings. The molecule has 0 aliphatic rings. The number of benzene rings is 1. The second-order valence-electron chi connectivity index (χ2n) is 5.02. The number of aromatic nitrogens is 1. The zero-order chi connectivity index (χ0) is 16.2. The topological polar surface area (TPSA) is 82.3 Å². The molecule has 0 aliphatic heterocycles. The maximum atomic E-state index is 12.0. The number of rotatable bonds is 4. The van der Waals surface area contributed by atoms with Gasteiger partial charge >= 0.3 is 11.9 Å². The van der Waals surface area contributed by atoms with E-state index in [9.17, 15) is 9.59 Å². The van der Waals surface area contributed by atoms with Crippen molar-refractivity contribution in [3.05, 3.63) is 64.6 Å². The molecule has 0 radical (unpaired) electrons. The minimum absolute atomic E-state index is 0.0837. The monoisotopic (exact) mass is 326 g/mol. The maximum Gasteiger partial charge on any atom is 0.364 e. The van der Waals surface area contributed by atoms with Gasteiger partial charge in [-0.25, -0.2) is 14.6 Å². The van der Waals surface area contributed by atoms with Crippen molar-refractivity contribution in [3.8, 4) is 0 Å². The van der Waals surface area contributed by atoms with Crippen molar-refractivity contribution in [3.63, 3.8) is 0 Å². The highest BCUT2D eigenvalue weighted by atomic mass is 32.1. The number of thiophene rings is 1. The largest absolute Gasteiger partial charge is 0.387 e. The van der Waals surface area contributed by atoms with E-state index in [-0.39, 0.29) is 5.69 Å². The first-order valence-electron chi connectivity index (χ1n) is 7.02. The van der Waals surface area contributed by atoms with E-state index < -0.39 is 18.0 Å². The van der Waals surface area contributed by atoms with Crippen LogP contribution in [0.3, 0.4) is 0 Å². The molecule has 2 aromatic heterocycles. The summed E-state index contributed by atoms with van der Waals surface area (Å²) in [5.41, 5.74) is 5.87. The Kier molecular flexibility index (Phi) is 4.45. The van der Waals surface area contributed by atoms with Gasteiger partial charge in [0, 0.05) is 22.9 Å². The van der Waals surface area contributed by atoms with Crippen molar-refractivity contribution >= 4 is 34.0 Å². The summed E-state index contributed by atoms with van der Waals surface area (Å²) < 4.78 is 4.84. The Morgan fingerprint density at radius 1 is 1.17 bits per heavy atom. The summed E-state index contributed by atoms with van der Waals surface area (Å²) in [4.78, 5) is 29.0. The van der Waals surface area contributed by atoms with Crippen molar-refractivity contribution < 1.29 is 14.3 Å². The van der Waals surface area contributed by atoms with E-state index in [0.717, 1.165) is 15.6 Å². The molecule has 3 rings (SSSR count). The predicted octanol–water partition coefficient (Wildman–Crippen LogP) is 2.55. The fraction of sp³-hybridized carbons (Fsp3) is 0.118. The molecule has 23 heavy (non-hydrogen) atoms. The maximum absolute atomic E-state index is 12.0. The normalized spacial score (nSPS) is 12.0. The molecule has 3 aromatic rings. The molecule has 0 bridgehead atoms. The third kappa shape index (κ3) is 3.61. The SMILES string of the molecule is N[C@@H](Cc1cccs1)C(=O)OC(=O)c1cc2ccccc2cn1. The van der Waals surface area contributed by atoms with Gasteiger partial charge < -0.3 is 10.5 Å². The highest BCUT2D eigenvalue weighted by Gasteiger charge is 2.21. The Labute approximate surface area is 136 Å². The lowest BCUT2D eigenvalue weighted by Gasteiger charge is -2.09. The fourth-order valence-electron chi connectivity index (χ4n) is 2.14. The molecule has 0 amide bonds. The number of hydrogen-bond donors (Lipinski definition) is 1. The Morgan fingerprint density at radius 2 is 1.96 bits per heavy atom. The number of nitrogens with two attached hydrogens (primary N) is 1. The lowest BCUT2D eigenvalue weighted by Crippen LogP contribution is -2.35. The van der Waals surface area contributed by atoms with E-state index in [1.807, 2.05) is 41.8 Å². The fourth-order valence-corrected chi connectivity index (χ4v) is 2.91. The van der Waals surface area contributed by atoms with Crippen LogP contribution in [-0.4, -0.2) is 23.0 Å². The molecule has 2 heterocycles. The second kappa shape index (κ2) is 6.68. The van der Waals surface area contributed by atoms with Gasteiger partial charge in [0.25, 0.3) is 0 Å². The van der Waals surface area contributed by atoms with E-state index in [0.29, 0.717) is 6.42 Å². The number of fused-ring (bicyclic) bond motifs is 1. The Hall–Kier alpha value is -2.57. The molecule has 5 nitrogen and oxygen atoms in total.